The number of methoxy groups -OCH3 is 1. The number of fused-ring (bicyclic) bond motifs is 3. The summed E-state index contributed by atoms with van der Waals surface area (Å²) >= 11 is 0. The van der Waals surface area contributed by atoms with Crippen LogP contribution >= 0.6 is 0 Å². The predicted octanol–water partition coefficient (Wildman–Crippen LogP) is 2.98. The van der Waals surface area contributed by atoms with Crippen LogP contribution in [0.4, 0.5) is 0 Å². The van der Waals surface area contributed by atoms with Gasteiger partial charge >= 0.3 is 5.63 Å². The van der Waals surface area contributed by atoms with Gasteiger partial charge in [-0.15, -0.1) is 0 Å². The summed E-state index contributed by atoms with van der Waals surface area (Å²) in [6.07, 6.45) is 0. The zero-order valence-corrected chi connectivity index (χ0v) is 13.7. The lowest BCUT2D eigenvalue weighted by Gasteiger charge is -2.12. The molecule has 2 heterocycles. The van der Waals surface area contributed by atoms with Gasteiger partial charge in [-0.05, 0) is 41.8 Å². The normalized spacial score (nSPS) is 10.8. The number of hydrogen-bond donors (Lipinski definition) is 0. The van der Waals surface area contributed by atoms with Crippen molar-refractivity contribution >= 4 is 21.9 Å². The van der Waals surface area contributed by atoms with Crippen LogP contribution < -0.4 is 15.9 Å². The zero-order valence-electron chi connectivity index (χ0n) is 13.7. The minimum atomic E-state index is -0.781. The first-order chi connectivity index (χ1) is 12.6. The Morgan fingerprint density at radius 3 is 2.35 bits per heavy atom. The van der Waals surface area contributed by atoms with E-state index in [0.717, 1.165) is 0 Å². The quantitative estimate of drug-likeness (QED) is 0.522. The highest BCUT2D eigenvalue weighted by Gasteiger charge is 2.16. The number of pyridine rings is 1. The molecule has 0 unspecified atom stereocenters. The van der Waals surface area contributed by atoms with Crippen LogP contribution in [0, 0.1) is 11.3 Å². The Bertz CT molecular complexity index is 1310. The van der Waals surface area contributed by atoms with Gasteiger partial charge in [0, 0.05) is 10.8 Å². The number of benzene rings is 2. The fraction of sp³-hybridized carbons (Fsp3) is 0.0500. The third kappa shape index (κ3) is 2.26. The molecule has 0 bridgehead atoms. The van der Waals surface area contributed by atoms with Crippen LogP contribution in [0.15, 0.2) is 68.6 Å². The number of aromatic nitrogens is 1. The van der Waals surface area contributed by atoms with E-state index in [0.29, 0.717) is 27.6 Å². The van der Waals surface area contributed by atoms with E-state index in [1.807, 2.05) is 6.07 Å². The molecule has 0 atom stereocenters. The number of nitrogens with zero attached hydrogens (tertiary/aromatic N) is 2. The minimum Gasteiger partial charge on any atom is -0.497 e. The van der Waals surface area contributed by atoms with Crippen molar-refractivity contribution in [2.24, 2.45) is 0 Å². The maximum absolute atomic E-state index is 13.1. The second-order valence-electron chi connectivity index (χ2n) is 5.66. The molecular formula is C20H12N2O4. The molecule has 0 fully saturated rings. The summed E-state index contributed by atoms with van der Waals surface area (Å²) in [5.74, 6) is 0.639. The van der Waals surface area contributed by atoms with Crippen molar-refractivity contribution in [3.05, 3.63) is 80.9 Å². The largest absolute Gasteiger partial charge is 0.497 e. The van der Waals surface area contributed by atoms with Crippen molar-refractivity contribution in [2.45, 2.75) is 0 Å². The van der Waals surface area contributed by atoms with Gasteiger partial charge in [0.05, 0.1) is 12.8 Å². The molecule has 0 N–H and O–H groups in total. The first-order valence-electron chi connectivity index (χ1n) is 7.80. The Kier molecular flexibility index (Phi) is 3.55. The third-order valence-corrected chi connectivity index (χ3v) is 4.23. The van der Waals surface area contributed by atoms with Crippen LogP contribution in [0.25, 0.3) is 27.6 Å². The van der Waals surface area contributed by atoms with Crippen LogP contribution in [0.2, 0.25) is 0 Å². The Labute approximate surface area is 147 Å². The number of rotatable bonds is 2. The summed E-state index contributed by atoms with van der Waals surface area (Å²) in [6.45, 7) is 0. The number of nitriles is 1. The van der Waals surface area contributed by atoms with Gasteiger partial charge in [0.1, 0.15) is 17.4 Å². The highest BCUT2D eigenvalue weighted by molar-refractivity contribution is 6.04. The maximum Gasteiger partial charge on any atom is 0.355 e. The highest BCUT2D eigenvalue weighted by Crippen LogP contribution is 2.25. The Balaban J connectivity index is 2.22. The summed E-state index contributed by atoms with van der Waals surface area (Å²) in [4.78, 5) is 25.1. The molecule has 2 aromatic heterocycles. The number of hydrogen-bond acceptors (Lipinski definition) is 5. The lowest BCUT2D eigenvalue weighted by molar-refractivity contribution is 0.414. The van der Waals surface area contributed by atoms with Crippen molar-refractivity contribution in [3.8, 4) is 17.5 Å². The van der Waals surface area contributed by atoms with Gasteiger partial charge in [0.2, 0.25) is 5.71 Å². The minimum absolute atomic E-state index is 0.0999. The highest BCUT2D eigenvalue weighted by atomic mass is 16.5. The SMILES string of the molecule is COc1ccc(-n2c(=O)c3ccccc3c3cc(C#N)c(=O)oc32)cc1. The second-order valence-corrected chi connectivity index (χ2v) is 5.66. The molecule has 0 saturated heterocycles. The summed E-state index contributed by atoms with van der Waals surface area (Å²) in [6, 6.07) is 17.1. The molecule has 126 valence electrons. The van der Waals surface area contributed by atoms with Crippen molar-refractivity contribution in [1.29, 1.82) is 5.26 Å². The zero-order chi connectivity index (χ0) is 18.3. The third-order valence-electron chi connectivity index (χ3n) is 4.23. The average molecular weight is 344 g/mol. The van der Waals surface area contributed by atoms with Gasteiger partial charge < -0.3 is 9.15 Å². The lowest BCUT2D eigenvalue weighted by atomic mass is 10.1. The summed E-state index contributed by atoms with van der Waals surface area (Å²) in [5, 5.41) is 10.8. The molecule has 0 spiro atoms. The average Bonchev–Trinajstić information content (AvgIpc) is 2.68. The van der Waals surface area contributed by atoms with Crippen molar-refractivity contribution in [2.75, 3.05) is 7.11 Å². The smallest absolute Gasteiger partial charge is 0.355 e. The molecule has 0 amide bonds. The molecule has 4 rings (SSSR count). The van der Waals surface area contributed by atoms with E-state index in [2.05, 4.69) is 0 Å². The molecule has 6 nitrogen and oxygen atoms in total. The van der Waals surface area contributed by atoms with Crippen LogP contribution in [-0.4, -0.2) is 11.7 Å². The monoisotopic (exact) mass is 344 g/mol. The van der Waals surface area contributed by atoms with Crippen LogP contribution in [0.1, 0.15) is 5.56 Å². The molecule has 0 aliphatic carbocycles. The van der Waals surface area contributed by atoms with Crippen LogP contribution in [0.5, 0.6) is 5.75 Å². The number of ether oxygens (including phenoxy) is 1. The fourth-order valence-corrected chi connectivity index (χ4v) is 2.98. The van der Waals surface area contributed by atoms with Gasteiger partial charge in [-0.1, -0.05) is 18.2 Å². The van der Waals surface area contributed by atoms with Crippen molar-refractivity contribution < 1.29 is 9.15 Å². The van der Waals surface area contributed by atoms with E-state index < -0.39 is 5.63 Å². The second kappa shape index (κ2) is 5.90. The van der Waals surface area contributed by atoms with Gasteiger partial charge in [-0.25, -0.2) is 9.36 Å². The standard InChI is InChI=1S/C20H12N2O4/c1-25-14-8-6-13(7-9-14)22-18(23)16-5-3-2-4-15(16)17-10-12(11-21)20(24)26-19(17)22/h2-10H,1H3. The molecule has 4 aromatic rings. The Hall–Kier alpha value is -3.85. The fourth-order valence-electron chi connectivity index (χ4n) is 2.98. The van der Waals surface area contributed by atoms with Gasteiger partial charge in [0.15, 0.2) is 0 Å². The van der Waals surface area contributed by atoms with E-state index >= 15 is 0 Å². The molecule has 6 heteroatoms. The molecule has 26 heavy (non-hydrogen) atoms. The molecule has 0 radical (unpaired) electrons. The van der Waals surface area contributed by atoms with Crippen LogP contribution in [0.3, 0.4) is 0 Å². The molecule has 2 aromatic carbocycles. The van der Waals surface area contributed by atoms with Crippen LogP contribution in [-0.2, 0) is 0 Å². The first-order valence-corrected chi connectivity index (χ1v) is 7.80. The van der Waals surface area contributed by atoms with Gasteiger partial charge in [0.25, 0.3) is 5.56 Å². The van der Waals surface area contributed by atoms with E-state index in [-0.39, 0.29) is 16.8 Å². The topological polar surface area (TPSA) is 85.2 Å². The predicted molar refractivity (Wildman–Crippen MR) is 96.9 cm³/mol. The van der Waals surface area contributed by atoms with E-state index in [9.17, 15) is 9.59 Å². The molecular weight excluding hydrogens is 332 g/mol. The lowest BCUT2D eigenvalue weighted by Crippen LogP contribution is -2.20. The van der Waals surface area contributed by atoms with Gasteiger partial charge in [-0.2, -0.15) is 5.26 Å². The van der Waals surface area contributed by atoms with Crippen molar-refractivity contribution in [3.63, 3.8) is 0 Å². The Morgan fingerprint density at radius 1 is 1.00 bits per heavy atom. The summed E-state index contributed by atoms with van der Waals surface area (Å²) in [5.41, 5.74) is -0.576. The van der Waals surface area contributed by atoms with Crippen molar-refractivity contribution in [1.82, 2.24) is 4.57 Å². The Morgan fingerprint density at radius 2 is 1.69 bits per heavy atom. The molecule has 0 aliphatic heterocycles. The first kappa shape index (κ1) is 15.7. The summed E-state index contributed by atoms with van der Waals surface area (Å²) in [7, 11) is 1.55. The van der Waals surface area contributed by atoms with E-state index in [4.69, 9.17) is 14.4 Å². The van der Waals surface area contributed by atoms with Gasteiger partial charge in [-0.3, -0.25) is 4.79 Å². The van der Waals surface area contributed by atoms with E-state index in [1.165, 1.54) is 10.6 Å². The molecule has 0 saturated carbocycles. The summed E-state index contributed by atoms with van der Waals surface area (Å²) < 4.78 is 11.8. The van der Waals surface area contributed by atoms with E-state index in [1.54, 1.807) is 55.6 Å². The maximum atomic E-state index is 13.1. The molecule has 0 aliphatic rings.